The van der Waals surface area contributed by atoms with E-state index in [-0.39, 0.29) is 11.6 Å². The van der Waals surface area contributed by atoms with Crippen LogP contribution < -0.4 is 5.19 Å². The largest absolute Gasteiger partial charge is 0.508 e. The van der Waals surface area contributed by atoms with Crippen LogP contribution in [0.1, 0.15) is 0 Å². The maximum Gasteiger partial charge on any atom is 0.123 e. The predicted molar refractivity (Wildman–Crippen MR) is 51.0 cm³/mol. The number of rotatable bonds is 1. The smallest absolute Gasteiger partial charge is 0.123 e. The summed E-state index contributed by atoms with van der Waals surface area (Å²) < 4.78 is 12.8. The average Bonchev–Trinajstić information content (AvgIpc) is 1.92. The summed E-state index contributed by atoms with van der Waals surface area (Å²) in [5.74, 6) is -0.0548. The third-order valence-corrected chi connectivity index (χ3v) is 3.78. The van der Waals surface area contributed by atoms with Crippen molar-refractivity contribution in [3.05, 3.63) is 24.0 Å². The summed E-state index contributed by atoms with van der Waals surface area (Å²) in [6, 6.07) is 4.13. The van der Waals surface area contributed by atoms with Gasteiger partial charge in [0.05, 0.1) is 8.07 Å². The zero-order valence-corrected chi connectivity index (χ0v) is 8.56. The van der Waals surface area contributed by atoms with E-state index in [4.69, 9.17) is 0 Å². The van der Waals surface area contributed by atoms with Gasteiger partial charge in [0.25, 0.3) is 0 Å². The third kappa shape index (κ3) is 1.85. The van der Waals surface area contributed by atoms with Gasteiger partial charge < -0.3 is 5.11 Å². The van der Waals surface area contributed by atoms with E-state index in [0.29, 0.717) is 0 Å². The number of hydrogen-bond acceptors (Lipinski definition) is 1. The molecule has 0 heterocycles. The van der Waals surface area contributed by atoms with Crippen LogP contribution in [0.3, 0.4) is 0 Å². The van der Waals surface area contributed by atoms with Gasteiger partial charge in [-0.15, -0.1) is 0 Å². The summed E-state index contributed by atoms with van der Waals surface area (Å²) >= 11 is 0. The Morgan fingerprint density at radius 2 is 1.83 bits per heavy atom. The van der Waals surface area contributed by atoms with E-state index in [1.165, 1.54) is 18.2 Å². The van der Waals surface area contributed by atoms with E-state index >= 15 is 0 Å². The van der Waals surface area contributed by atoms with Crippen LogP contribution in [0.4, 0.5) is 4.39 Å². The molecule has 0 aliphatic carbocycles. The minimum atomic E-state index is -1.60. The van der Waals surface area contributed by atoms with Crippen molar-refractivity contribution >= 4 is 13.3 Å². The average molecular weight is 184 g/mol. The Kier molecular flexibility index (Phi) is 2.24. The summed E-state index contributed by atoms with van der Waals surface area (Å²) in [5.41, 5.74) is 0. The first-order valence-corrected chi connectivity index (χ1v) is 7.40. The highest BCUT2D eigenvalue weighted by atomic mass is 28.3. The zero-order chi connectivity index (χ0) is 9.35. The molecule has 0 radical (unpaired) electrons. The molecule has 1 aromatic rings. The molecule has 0 fully saturated rings. The molecular formula is C9H13FOSi. The number of hydrogen-bond donors (Lipinski definition) is 1. The van der Waals surface area contributed by atoms with Crippen molar-refractivity contribution < 1.29 is 9.50 Å². The summed E-state index contributed by atoms with van der Waals surface area (Å²) in [4.78, 5) is 0. The van der Waals surface area contributed by atoms with Gasteiger partial charge in [-0.1, -0.05) is 19.6 Å². The highest BCUT2D eigenvalue weighted by molar-refractivity contribution is 6.89. The van der Waals surface area contributed by atoms with Gasteiger partial charge in [-0.05, 0) is 23.4 Å². The van der Waals surface area contributed by atoms with Gasteiger partial charge in [0.15, 0.2) is 0 Å². The van der Waals surface area contributed by atoms with Crippen LogP contribution in [0.5, 0.6) is 5.75 Å². The summed E-state index contributed by atoms with van der Waals surface area (Å²) in [7, 11) is -1.60. The topological polar surface area (TPSA) is 20.2 Å². The maximum absolute atomic E-state index is 12.8. The normalized spacial score (nSPS) is 11.7. The standard InChI is InChI=1S/C9H13FOSi/c1-12(2,3)9-6-7(10)4-5-8(9)11/h4-6,11H,1-3H3. The van der Waals surface area contributed by atoms with Crippen molar-refractivity contribution in [1.82, 2.24) is 0 Å². The van der Waals surface area contributed by atoms with Crippen molar-refractivity contribution in [2.45, 2.75) is 19.6 Å². The molecule has 1 nitrogen and oxygen atoms in total. The zero-order valence-electron chi connectivity index (χ0n) is 7.56. The van der Waals surface area contributed by atoms with Gasteiger partial charge >= 0.3 is 0 Å². The Hall–Kier alpha value is -0.833. The van der Waals surface area contributed by atoms with E-state index in [9.17, 15) is 9.50 Å². The molecule has 12 heavy (non-hydrogen) atoms. The van der Waals surface area contributed by atoms with Crippen LogP contribution in [0, 0.1) is 5.82 Å². The Bertz CT molecular complexity index is 291. The van der Waals surface area contributed by atoms with Crippen LogP contribution >= 0.6 is 0 Å². The van der Waals surface area contributed by atoms with Gasteiger partial charge in [0.2, 0.25) is 0 Å². The van der Waals surface area contributed by atoms with Crippen molar-refractivity contribution in [1.29, 1.82) is 0 Å². The summed E-state index contributed by atoms with van der Waals surface area (Å²) in [6.07, 6.45) is 0. The molecule has 0 spiro atoms. The lowest BCUT2D eigenvalue weighted by molar-refractivity contribution is 0.477. The van der Waals surface area contributed by atoms with E-state index < -0.39 is 8.07 Å². The number of aromatic hydroxyl groups is 1. The molecule has 1 aromatic carbocycles. The second-order valence-electron chi connectivity index (χ2n) is 3.91. The molecule has 0 aromatic heterocycles. The Balaban J connectivity index is 3.23. The highest BCUT2D eigenvalue weighted by Gasteiger charge is 2.20. The molecule has 1 N–H and O–H groups in total. The van der Waals surface area contributed by atoms with Crippen LogP contribution in [0.15, 0.2) is 18.2 Å². The first-order valence-electron chi connectivity index (χ1n) is 3.90. The molecule has 0 saturated carbocycles. The Labute approximate surface area is 72.9 Å². The predicted octanol–water partition coefficient (Wildman–Crippen LogP) is 2.08. The summed E-state index contributed by atoms with van der Waals surface area (Å²) in [5, 5.41) is 10.2. The van der Waals surface area contributed by atoms with Crippen LogP contribution in [-0.4, -0.2) is 13.2 Å². The lowest BCUT2D eigenvalue weighted by Crippen LogP contribution is -2.37. The fourth-order valence-corrected chi connectivity index (χ4v) is 2.53. The molecule has 0 amide bonds. The van der Waals surface area contributed by atoms with E-state index in [2.05, 4.69) is 19.6 Å². The highest BCUT2D eigenvalue weighted by Crippen LogP contribution is 2.13. The number of phenols is 1. The van der Waals surface area contributed by atoms with Crippen molar-refractivity contribution in [3.63, 3.8) is 0 Å². The van der Waals surface area contributed by atoms with Crippen LogP contribution in [-0.2, 0) is 0 Å². The molecule has 0 bridgehead atoms. The fourth-order valence-electron chi connectivity index (χ4n) is 1.11. The molecular weight excluding hydrogens is 171 g/mol. The molecule has 66 valence electrons. The number of benzene rings is 1. The molecule has 0 aliphatic rings. The Morgan fingerprint density at radius 3 is 2.25 bits per heavy atom. The van der Waals surface area contributed by atoms with E-state index in [1.807, 2.05) is 0 Å². The third-order valence-electron chi connectivity index (χ3n) is 1.77. The van der Waals surface area contributed by atoms with Gasteiger partial charge in [-0.2, -0.15) is 0 Å². The van der Waals surface area contributed by atoms with Crippen molar-refractivity contribution in [2.24, 2.45) is 0 Å². The van der Waals surface area contributed by atoms with Crippen molar-refractivity contribution in [3.8, 4) is 5.75 Å². The molecule has 0 aliphatic heterocycles. The fraction of sp³-hybridized carbons (Fsp3) is 0.333. The van der Waals surface area contributed by atoms with Gasteiger partial charge in [0.1, 0.15) is 11.6 Å². The van der Waals surface area contributed by atoms with Crippen molar-refractivity contribution in [2.75, 3.05) is 0 Å². The van der Waals surface area contributed by atoms with Gasteiger partial charge in [-0.25, -0.2) is 4.39 Å². The lowest BCUT2D eigenvalue weighted by Gasteiger charge is -2.17. The number of phenolic OH excluding ortho intramolecular Hbond substituents is 1. The second-order valence-corrected chi connectivity index (χ2v) is 8.95. The van der Waals surface area contributed by atoms with Crippen LogP contribution in [0.25, 0.3) is 0 Å². The number of halogens is 1. The molecule has 1 rings (SSSR count). The second kappa shape index (κ2) is 2.90. The minimum absolute atomic E-state index is 0.218. The maximum atomic E-state index is 12.8. The summed E-state index contributed by atoms with van der Waals surface area (Å²) in [6.45, 7) is 6.21. The molecule has 3 heteroatoms. The quantitative estimate of drug-likeness (QED) is 0.662. The van der Waals surface area contributed by atoms with Gasteiger partial charge in [0, 0.05) is 0 Å². The first kappa shape index (κ1) is 9.26. The first-order chi connectivity index (χ1) is 5.41. The monoisotopic (exact) mass is 184 g/mol. The molecule has 0 unspecified atom stereocenters. The molecule has 0 saturated heterocycles. The van der Waals surface area contributed by atoms with Crippen LogP contribution in [0.2, 0.25) is 19.6 Å². The molecule has 0 atom stereocenters. The SMILES string of the molecule is C[Si](C)(C)c1cc(F)ccc1O. The minimum Gasteiger partial charge on any atom is -0.508 e. The lowest BCUT2D eigenvalue weighted by atomic mass is 10.3. The van der Waals surface area contributed by atoms with Gasteiger partial charge in [-0.3, -0.25) is 0 Å². The van der Waals surface area contributed by atoms with E-state index in [1.54, 1.807) is 0 Å². The van der Waals surface area contributed by atoms with E-state index in [0.717, 1.165) is 5.19 Å². The Morgan fingerprint density at radius 1 is 1.25 bits per heavy atom.